The highest BCUT2D eigenvalue weighted by Gasteiger charge is 2.12. The molecule has 0 aliphatic rings. The number of amides is 1. The predicted octanol–water partition coefficient (Wildman–Crippen LogP) is 5.01. The number of hydrogen-bond acceptors (Lipinski definition) is 3. The fourth-order valence-electron chi connectivity index (χ4n) is 3.48. The Morgan fingerprint density at radius 3 is 2.26 bits per heavy atom. The van der Waals surface area contributed by atoms with Crippen LogP contribution in [0.25, 0.3) is 0 Å². The molecule has 0 atom stereocenters. The Morgan fingerprint density at radius 2 is 1.58 bits per heavy atom. The molecule has 7 heteroatoms. The summed E-state index contributed by atoms with van der Waals surface area (Å²) in [6, 6.07) is 19.1. The van der Waals surface area contributed by atoms with E-state index >= 15 is 0 Å². The van der Waals surface area contributed by atoms with Gasteiger partial charge < -0.3 is 5.32 Å². The summed E-state index contributed by atoms with van der Waals surface area (Å²) in [6.45, 7) is 7.19. The first-order valence-electron chi connectivity index (χ1n) is 10.1. The number of benzene rings is 2. The molecule has 4 rings (SSSR count). The SMILES string of the molecule is Cc1cc(C)n(Cc2ccc(C(=O)Nc3cc(C)n(Cc4ccccc4Cl)n3)cc2)n1. The molecule has 2 aromatic heterocycles. The van der Waals surface area contributed by atoms with Crippen LogP contribution in [0.1, 0.15) is 38.6 Å². The zero-order valence-electron chi connectivity index (χ0n) is 17.8. The van der Waals surface area contributed by atoms with Crippen LogP contribution in [0.4, 0.5) is 5.82 Å². The molecule has 0 aliphatic carbocycles. The average molecular weight is 434 g/mol. The highest BCUT2D eigenvalue weighted by Crippen LogP contribution is 2.18. The molecular weight excluding hydrogens is 410 g/mol. The number of aryl methyl sites for hydroxylation is 3. The number of carbonyl (C=O) groups excluding carboxylic acids is 1. The largest absolute Gasteiger partial charge is 0.305 e. The van der Waals surface area contributed by atoms with E-state index in [1.807, 2.05) is 84.7 Å². The van der Waals surface area contributed by atoms with Gasteiger partial charge in [-0.2, -0.15) is 10.2 Å². The minimum absolute atomic E-state index is 0.194. The Balaban J connectivity index is 1.42. The number of carbonyl (C=O) groups is 1. The van der Waals surface area contributed by atoms with Gasteiger partial charge in [-0.15, -0.1) is 0 Å². The Hall–Kier alpha value is -3.38. The van der Waals surface area contributed by atoms with Crippen LogP contribution in [0.3, 0.4) is 0 Å². The first kappa shape index (κ1) is 20.9. The Kier molecular flexibility index (Phi) is 5.91. The van der Waals surface area contributed by atoms with Crippen LogP contribution in [0.5, 0.6) is 0 Å². The molecule has 0 radical (unpaired) electrons. The van der Waals surface area contributed by atoms with Gasteiger partial charge in [0, 0.05) is 28.0 Å². The number of nitrogens with zero attached hydrogens (tertiary/aromatic N) is 4. The number of aromatic nitrogens is 4. The lowest BCUT2D eigenvalue weighted by Crippen LogP contribution is -2.13. The maximum atomic E-state index is 12.7. The average Bonchev–Trinajstić information content (AvgIpc) is 3.24. The van der Waals surface area contributed by atoms with E-state index in [0.29, 0.717) is 29.5 Å². The van der Waals surface area contributed by atoms with Crippen LogP contribution in [0, 0.1) is 20.8 Å². The van der Waals surface area contributed by atoms with Gasteiger partial charge in [0.2, 0.25) is 0 Å². The summed E-state index contributed by atoms with van der Waals surface area (Å²) in [5.41, 5.74) is 5.69. The van der Waals surface area contributed by atoms with Gasteiger partial charge in [-0.05, 0) is 56.2 Å². The third-order valence-electron chi connectivity index (χ3n) is 5.15. The van der Waals surface area contributed by atoms with E-state index in [2.05, 4.69) is 21.6 Å². The molecule has 2 aromatic carbocycles. The number of nitrogens with one attached hydrogen (secondary N) is 1. The molecule has 0 saturated carbocycles. The van der Waals surface area contributed by atoms with Crippen molar-refractivity contribution < 1.29 is 4.79 Å². The predicted molar refractivity (Wildman–Crippen MR) is 123 cm³/mol. The Labute approximate surface area is 186 Å². The van der Waals surface area contributed by atoms with Gasteiger partial charge in [0.25, 0.3) is 5.91 Å². The smallest absolute Gasteiger partial charge is 0.256 e. The molecule has 1 amide bonds. The zero-order chi connectivity index (χ0) is 22.0. The van der Waals surface area contributed by atoms with Gasteiger partial charge in [-0.25, -0.2) is 0 Å². The molecule has 31 heavy (non-hydrogen) atoms. The van der Waals surface area contributed by atoms with Crippen molar-refractivity contribution in [3.05, 3.63) is 99.5 Å². The van der Waals surface area contributed by atoms with Crippen LogP contribution in [-0.4, -0.2) is 25.5 Å². The topological polar surface area (TPSA) is 64.7 Å². The van der Waals surface area contributed by atoms with Crippen molar-refractivity contribution in [3.8, 4) is 0 Å². The molecule has 0 unspecified atom stereocenters. The summed E-state index contributed by atoms with van der Waals surface area (Å²) in [5, 5.41) is 12.6. The van der Waals surface area contributed by atoms with E-state index in [0.717, 1.165) is 28.2 Å². The van der Waals surface area contributed by atoms with E-state index in [-0.39, 0.29) is 5.91 Å². The van der Waals surface area contributed by atoms with E-state index < -0.39 is 0 Å². The van der Waals surface area contributed by atoms with Gasteiger partial charge in [0.1, 0.15) is 0 Å². The minimum Gasteiger partial charge on any atom is -0.305 e. The number of rotatable bonds is 6. The fraction of sp³-hybridized carbons (Fsp3) is 0.208. The molecule has 0 saturated heterocycles. The summed E-state index contributed by atoms with van der Waals surface area (Å²) >= 11 is 6.25. The fourth-order valence-corrected chi connectivity index (χ4v) is 3.67. The van der Waals surface area contributed by atoms with Gasteiger partial charge >= 0.3 is 0 Å². The maximum absolute atomic E-state index is 12.7. The maximum Gasteiger partial charge on any atom is 0.256 e. The second kappa shape index (κ2) is 8.78. The first-order chi connectivity index (χ1) is 14.9. The normalized spacial score (nSPS) is 11.0. The lowest BCUT2D eigenvalue weighted by atomic mass is 10.1. The van der Waals surface area contributed by atoms with Crippen LogP contribution in [0.2, 0.25) is 5.02 Å². The van der Waals surface area contributed by atoms with Crippen molar-refractivity contribution >= 4 is 23.3 Å². The number of halogens is 1. The van der Waals surface area contributed by atoms with E-state index in [9.17, 15) is 4.79 Å². The molecule has 0 bridgehead atoms. The Morgan fingerprint density at radius 1 is 0.903 bits per heavy atom. The molecule has 0 aliphatic heterocycles. The summed E-state index contributed by atoms with van der Waals surface area (Å²) in [5.74, 6) is 0.321. The second-order valence-electron chi connectivity index (χ2n) is 7.66. The lowest BCUT2D eigenvalue weighted by Gasteiger charge is -2.07. The minimum atomic E-state index is -0.194. The molecule has 1 N–H and O–H groups in total. The highest BCUT2D eigenvalue weighted by atomic mass is 35.5. The van der Waals surface area contributed by atoms with Crippen molar-refractivity contribution in [2.24, 2.45) is 0 Å². The van der Waals surface area contributed by atoms with E-state index in [1.165, 1.54) is 0 Å². The first-order valence-corrected chi connectivity index (χ1v) is 10.5. The quantitative estimate of drug-likeness (QED) is 0.465. The van der Waals surface area contributed by atoms with Gasteiger partial charge in [-0.1, -0.05) is 41.9 Å². The number of anilines is 1. The highest BCUT2D eigenvalue weighted by molar-refractivity contribution is 6.31. The summed E-state index contributed by atoms with van der Waals surface area (Å²) in [7, 11) is 0. The monoisotopic (exact) mass is 433 g/mol. The van der Waals surface area contributed by atoms with Crippen LogP contribution >= 0.6 is 11.6 Å². The standard InChI is InChI=1S/C24H24ClN5O/c1-16-12-17(2)29(27-16)14-19-8-10-20(11-9-19)24(31)26-23-13-18(3)30(28-23)15-21-6-4-5-7-22(21)25/h4-13H,14-15H2,1-3H3,(H,26,28,31). The summed E-state index contributed by atoms with van der Waals surface area (Å²) < 4.78 is 3.78. The second-order valence-corrected chi connectivity index (χ2v) is 8.06. The van der Waals surface area contributed by atoms with E-state index in [4.69, 9.17) is 11.6 Å². The van der Waals surface area contributed by atoms with Crippen molar-refractivity contribution in [2.75, 3.05) is 5.32 Å². The van der Waals surface area contributed by atoms with Gasteiger partial charge in [0.05, 0.1) is 18.8 Å². The van der Waals surface area contributed by atoms with Crippen molar-refractivity contribution in [3.63, 3.8) is 0 Å². The molecule has 6 nitrogen and oxygen atoms in total. The van der Waals surface area contributed by atoms with Crippen molar-refractivity contribution in [1.82, 2.24) is 19.6 Å². The van der Waals surface area contributed by atoms with Crippen LogP contribution < -0.4 is 5.32 Å². The van der Waals surface area contributed by atoms with Crippen LogP contribution in [0.15, 0.2) is 60.7 Å². The third-order valence-corrected chi connectivity index (χ3v) is 5.52. The van der Waals surface area contributed by atoms with Crippen molar-refractivity contribution in [1.29, 1.82) is 0 Å². The van der Waals surface area contributed by atoms with Gasteiger partial charge in [0.15, 0.2) is 5.82 Å². The summed E-state index contributed by atoms with van der Waals surface area (Å²) in [6.07, 6.45) is 0. The van der Waals surface area contributed by atoms with Crippen LogP contribution in [-0.2, 0) is 13.1 Å². The summed E-state index contributed by atoms with van der Waals surface area (Å²) in [4.78, 5) is 12.7. The molecule has 0 spiro atoms. The number of hydrogen-bond donors (Lipinski definition) is 1. The molecule has 4 aromatic rings. The molecule has 0 fully saturated rings. The third kappa shape index (κ3) is 4.86. The molecular formula is C24H24ClN5O. The Bertz CT molecular complexity index is 1220. The van der Waals surface area contributed by atoms with Crippen molar-refractivity contribution in [2.45, 2.75) is 33.9 Å². The van der Waals surface area contributed by atoms with E-state index in [1.54, 1.807) is 0 Å². The molecule has 2 heterocycles. The van der Waals surface area contributed by atoms with Gasteiger partial charge in [-0.3, -0.25) is 14.2 Å². The molecule has 158 valence electrons. The lowest BCUT2D eigenvalue weighted by molar-refractivity contribution is 0.102. The zero-order valence-corrected chi connectivity index (χ0v) is 18.5.